The molecule has 7 heteroatoms. The van der Waals surface area contributed by atoms with Crippen molar-refractivity contribution in [2.45, 2.75) is 64.4 Å². The van der Waals surface area contributed by atoms with Gasteiger partial charge >= 0.3 is 5.69 Å². The molecular weight excluding hydrogens is 360 g/mol. The number of carbonyl (C=O) groups is 1. The molecule has 0 radical (unpaired) electrons. The lowest BCUT2D eigenvalue weighted by Crippen LogP contribution is -2.34. The number of aromatic amines is 1. The molecule has 2 N–H and O–H groups in total. The topological polar surface area (TPSA) is 101 Å². The Labute approximate surface area is 163 Å². The van der Waals surface area contributed by atoms with E-state index in [2.05, 4.69) is 4.98 Å². The fourth-order valence-corrected chi connectivity index (χ4v) is 3.55. The van der Waals surface area contributed by atoms with Crippen LogP contribution in [0.25, 0.3) is 0 Å². The second-order valence-corrected chi connectivity index (χ2v) is 7.29. The van der Waals surface area contributed by atoms with E-state index in [1.807, 2.05) is 38.1 Å². The second-order valence-electron chi connectivity index (χ2n) is 7.29. The van der Waals surface area contributed by atoms with Crippen LogP contribution in [-0.2, 0) is 22.4 Å². The average molecular weight is 386 g/mol. The van der Waals surface area contributed by atoms with Crippen LogP contribution in [0.2, 0.25) is 0 Å². The van der Waals surface area contributed by atoms with Crippen molar-refractivity contribution in [3.63, 3.8) is 0 Å². The molecule has 150 valence electrons. The highest BCUT2D eigenvalue weighted by atomic mass is 16.5. The van der Waals surface area contributed by atoms with Gasteiger partial charge in [0.25, 0.3) is 5.56 Å². The zero-order chi connectivity index (χ0) is 20.3. The molecule has 3 rings (SSSR count). The van der Waals surface area contributed by atoms with Crippen molar-refractivity contribution in [2.75, 3.05) is 0 Å². The molecule has 1 fully saturated rings. The Morgan fingerprint density at radius 2 is 2.04 bits per heavy atom. The van der Waals surface area contributed by atoms with E-state index in [-0.39, 0.29) is 12.2 Å². The van der Waals surface area contributed by atoms with Crippen LogP contribution >= 0.6 is 0 Å². The summed E-state index contributed by atoms with van der Waals surface area (Å²) >= 11 is 0. The maximum absolute atomic E-state index is 12.3. The summed E-state index contributed by atoms with van der Waals surface area (Å²) in [5, 5.41) is 10.3. The van der Waals surface area contributed by atoms with Gasteiger partial charge in [-0.25, -0.2) is 4.79 Å². The first-order valence-electron chi connectivity index (χ1n) is 9.63. The summed E-state index contributed by atoms with van der Waals surface area (Å²) in [5.41, 5.74) is 1.60. The minimum absolute atomic E-state index is 0.0861. The van der Waals surface area contributed by atoms with Crippen molar-refractivity contribution in [1.82, 2.24) is 9.55 Å². The smallest absolute Gasteiger partial charge is 0.330 e. The predicted molar refractivity (Wildman–Crippen MR) is 104 cm³/mol. The van der Waals surface area contributed by atoms with Crippen LogP contribution in [0.15, 0.2) is 40.1 Å². The highest BCUT2D eigenvalue weighted by Crippen LogP contribution is 2.30. The van der Waals surface area contributed by atoms with Gasteiger partial charge in [0.15, 0.2) is 0 Å². The SMILES string of the molecule is CCc1cn([C@H]2C[C@H](O)[C@@H](CCC(=O)Cc3ccccc3C)O2)c(=O)[nH]c1=O. The zero-order valence-corrected chi connectivity index (χ0v) is 16.2. The van der Waals surface area contributed by atoms with Gasteiger partial charge in [-0.15, -0.1) is 0 Å². The molecule has 3 atom stereocenters. The molecule has 1 aliphatic heterocycles. The number of Topliss-reactive ketones (excluding diaryl/α,β-unsaturated/α-hetero) is 1. The number of hydrogen-bond donors (Lipinski definition) is 2. The maximum atomic E-state index is 12.3. The quantitative estimate of drug-likeness (QED) is 0.753. The van der Waals surface area contributed by atoms with E-state index < -0.39 is 29.7 Å². The molecule has 1 aliphatic rings. The highest BCUT2D eigenvalue weighted by Gasteiger charge is 2.35. The molecule has 0 spiro atoms. The summed E-state index contributed by atoms with van der Waals surface area (Å²) in [5.74, 6) is 0.0861. The van der Waals surface area contributed by atoms with Gasteiger partial charge in [-0.05, 0) is 30.9 Å². The van der Waals surface area contributed by atoms with Gasteiger partial charge in [0.05, 0.1) is 12.2 Å². The first-order chi connectivity index (χ1) is 13.4. The molecule has 7 nitrogen and oxygen atoms in total. The average Bonchev–Trinajstić information content (AvgIpc) is 3.02. The molecule has 1 saturated heterocycles. The van der Waals surface area contributed by atoms with E-state index in [4.69, 9.17) is 4.74 Å². The van der Waals surface area contributed by atoms with Gasteiger partial charge in [-0.3, -0.25) is 19.1 Å². The summed E-state index contributed by atoms with van der Waals surface area (Å²) in [6, 6.07) is 7.77. The third kappa shape index (κ3) is 4.48. The van der Waals surface area contributed by atoms with Crippen molar-refractivity contribution in [1.29, 1.82) is 0 Å². The molecular formula is C21H26N2O5. The Morgan fingerprint density at radius 1 is 1.29 bits per heavy atom. The standard InChI is InChI=1S/C21H26N2O5/c1-3-14-12-23(21(27)22-20(14)26)19-11-17(25)18(28-19)9-8-16(24)10-15-7-5-4-6-13(15)2/h4-7,12,17-19,25H,3,8-11H2,1-2H3,(H,22,26,27)/t17-,18+,19+/m0/s1. The first kappa shape index (κ1) is 20.2. The zero-order valence-electron chi connectivity index (χ0n) is 16.2. The van der Waals surface area contributed by atoms with E-state index >= 15 is 0 Å². The number of ether oxygens (including phenoxy) is 1. The third-order valence-corrected chi connectivity index (χ3v) is 5.29. The molecule has 28 heavy (non-hydrogen) atoms. The number of aliphatic hydroxyl groups excluding tert-OH is 1. The van der Waals surface area contributed by atoms with Crippen LogP contribution in [0.4, 0.5) is 0 Å². The minimum Gasteiger partial charge on any atom is -0.390 e. The van der Waals surface area contributed by atoms with Crippen molar-refractivity contribution < 1.29 is 14.6 Å². The molecule has 2 aromatic rings. The van der Waals surface area contributed by atoms with E-state index in [9.17, 15) is 19.5 Å². The summed E-state index contributed by atoms with van der Waals surface area (Å²) < 4.78 is 7.16. The van der Waals surface area contributed by atoms with Crippen LogP contribution in [0.1, 0.15) is 49.1 Å². The lowest BCUT2D eigenvalue weighted by atomic mass is 9.99. The van der Waals surface area contributed by atoms with E-state index in [1.165, 1.54) is 10.8 Å². The first-order valence-corrected chi connectivity index (χ1v) is 9.63. The van der Waals surface area contributed by atoms with Crippen LogP contribution in [0.3, 0.4) is 0 Å². The van der Waals surface area contributed by atoms with Crippen molar-refractivity contribution in [3.8, 4) is 0 Å². The Morgan fingerprint density at radius 3 is 2.75 bits per heavy atom. The lowest BCUT2D eigenvalue weighted by Gasteiger charge is -2.16. The normalized spacial score (nSPS) is 21.8. The Kier molecular flexibility index (Phi) is 6.26. The number of aromatic nitrogens is 2. The molecule has 2 heterocycles. The summed E-state index contributed by atoms with van der Waals surface area (Å²) in [4.78, 5) is 38.4. The summed E-state index contributed by atoms with van der Waals surface area (Å²) in [7, 11) is 0. The Hall–Kier alpha value is -2.51. The third-order valence-electron chi connectivity index (χ3n) is 5.29. The highest BCUT2D eigenvalue weighted by molar-refractivity contribution is 5.81. The summed E-state index contributed by atoms with van der Waals surface area (Å²) in [6.07, 6.45) is 1.33. The number of hydrogen-bond acceptors (Lipinski definition) is 5. The number of benzene rings is 1. The number of H-pyrrole nitrogens is 1. The number of rotatable bonds is 7. The van der Waals surface area contributed by atoms with Gasteiger partial charge < -0.3 is 9.84 Å². The van der Waals surface area contributed by atoms with Crippen LogP contribution in [0, 0.1) is 6.92 Å². The van der Waals surface area contributed by atoms with Gasteiger partial charge in [-0.2, -0.15) is 0 Å². The largest absolute Gasteiger partial charge is 0.390 e. The fourth-order valence-electron chi connectivity index (χ4n) is 3.55. The molecule has 0 amide bonds. The monoisotopic (exact) mass is 386 g/mol. The van der Waals surface area contributed by atoms with E-state index in [1.54, 1.807) is 0 Å². The van der Waals surface area contributed by atoms with Crippen LogP contribution < -0.4 is 11.2 Å². The van der Waals surface area contributed by atoms with Crippen LogP contribution in [-0.4, -0.2) is 32.6 Å². The van der Waals surface area contributed by atoms with E-state index in [0.29, 0.717) is 31.2 Å². The number of ketones is 1. The van der Waals surface area contributed by atoms with Crippen molar-refractivity contribution in [3.05, 3.63) is 68.0 Å². The van der Waals surface area contributed by atoms with Gasteiger partial charge in [0, 0.05) is 31.0 Å². The second kappa shape index (κ2) is 8.67. The van der Waals surface area contributed by atoms with Crippen molar-refractivity contribution >= 4 is 5.78 Å². The summed E-state index contributed by atoms with van der Waals surface area (Å²) in [6.45, 7) is 3.80. The van der Waals surface area contributed by atoms with Gasteiger partial charge in [0.2, 0.25) is 0 Å². The molecule has 0 saturated carbocycles. The van der Waals surface area contributed by atoms with Gasteiger partial charge in [0.1, 0.15) is 12.0 Å². The van der Waals surface area contributed by atoms with Crippen LogP contribution in [0.5, 0.6) is 0 Å². The minimum atomic E-state index is -0.764. The van der Waals surface area contributed by atoms with Crippen molar-refractivity contribution in [2.24, 2.45) is 0 Å². The lowest BCUT2D eigenvalue weighted by molar-refractivity contribution is -0.119. The molecule has 0 bridgehead atoms. The Balaban J connectivity index is 1.61. The number of carbonyl (C=O) groups excluding carboxylic acids is 1. The number of nitrogens with zero attached hydrogens (tertiary/aromatic N) is 1. The maximum Gasteiger partial charge on any atom is 0.330 e. The molecule has 1 aromatic carbocycles. The van der Waals surface area contributed by atoms with E-state index in [0.717, 1.165) is 11.1 Å². The molecule has 0 unspecified atom stereocenters. The number of aliphatic hydroxyl groups is 1. The molecule has 0 aliphatic carbocycles. The number of aryl methyl sites for hydroxylation is 2. The number of nitrogens with one attached hydrogen (secondary N) is 1. The Bertz CT molecular complexity index is 962. The fraction of sp³-hybridized carbons (Fsp3) is 0.476. The van der Waals surface area contributed by atoms with Gasteiger partial charge in [-0.1, -0.05) is 31.2 Å². The predicted octanol–water partition coefficient (Wildman–Crippen LogP) is 1.65. The molecule has 1 aromatic heterocycles.